The number of carbonyl (C=O) groups excluding carboxylic acids is 2. The molecule has 0 radical (unpaired) electrons. The molecule has 1 atom stereocenters. The van der Waals surface area contributed by atoms with Gasteiger partial charge in [-0.25, -0.2) is 9.78 Å². The zero-order valence-corrected chi connectivity index (χ0v) is 16.1. The lowest BCUT2D eigenvalue weighted by atomic mass is 10.1. The van der Waals surface area contributed by atoms with E-state index in [0.29, 0.717) is 22.0 Å². The van der Waals surface area contributed by atoms with Gasteiger partial charge < -0.3 is 9.47 Å². The molecule has 7 nitrogen and oxygen atoms in total. The number of rotatable bonds is 3. The van der Waals surface area contributed by atoms with Crippen molar-refractivity contribution in [2.75, 3.05) is 18.6 Å². The van der Waals surface area contributed by atoms with Crippen LogP contribution >= 0.6 is 11.3 Å². The minimum atomic E-state index is -0.880. The number of carbonyl (C=O) groups is 2. The van der Waals surface area contributed by atoms with Gasteiger partial charge in [-0.15, -0.1) is 11.3 Å². The molecule has 142 valence electrons. The van der Waals surface area contributed by atoms with Crippen molar-refractivity contribution in [3.63, 3.8) is 0 Å². The van der Waals surface area contributed by atoms with E-state index < -0.39 is 12.1 Å². The fourth-order valence-corrected chi connectivity index (χ4v) is 4.02. The Labute approximate surface area is 165 Å². The second kappa shape index (κ2) is 7.40. The summed E-state index contributed by atoms with van der Waals surface area (Å²) in [5.74, 6) is -0.286. The third-order valence-electron chi connectivity index (χ3n) is 4.38. The predicted octanol–water partition coefficient (Wildman–Crippen LogP) is 3.09. The SMILES string of the molecule is COC(=O)C1CN(C(=O)c2sc(-c3cccnc3)nc2C)c2ccccc2O1. The van der Waals surface area contributed by atoms with Crippen LogP contribution < -0.4 is 9.64 Å². The molecule has 8 heteroatoms. The van der Waals surface area contributed by atoms with Crippen LogP contribution in [0.2, 0.25) is 0 Å². The number of thiazole rings is 1. The van der Waals surface area contributed by atoms with Gasteiger partial charge in [0.2, 0.25) is 6.10 Å². The number of aryl methyl sites for hydroxylation is 1. The van der Waals surface area contributed by atoms with Gasteiger partial charge in [-0.3, -0.25) is 14.7 Å². The Morgan fingerprint density at radius 3 is 2.82 bits per heavy atom. The fourth-order valence-electron chi connectivity index (χ4n) is 3.01. The Balaban J connectivity index is 1.71. The third-order valence-corrected chi connectivity index (χ3v) is 5.58. The number of anilines is 1. The highest BCUT2D eigenvalue weighted by Crippen LogP contribution is 2.36. The molecule has 0 saturated carbocycles. The van der Waals surface area contributed by atoms with Crippen LogP contribution in [-0.2, 0) is 9.53 Å². The molecule has 2 aromatic heterocycles. The minimum Gasteiger partial charge on any atom is -0.475 e. The van der Waals surface area contributed by atoms with Gasteiger partial charge in [0.1, 0.15) is 15.6 Å². The molecule has 1 aromatic carbocycles. The van der Waals surface area contributed by atoms with Crippen LogP contribution in [0, 0.1) is 6.92 Å². The van der Waals surface area contributed by atoms with Gasteiger partial charge in [-0.1, -0.05) is 12.1 Å². The monoisotopic (exact) mass is 395 g/mol. The molecule has 1 unspecified atom stereocenters. The maximum atomic E-state index is 13.4. The van der Waals surface area contributed by atoms with E-state index >= 15 is 0 Å². The maximum absolute atomic E-state index is 13.4. The quantitative estimate of drug-likeness (QED) is 0.634. The van der Waals surface area contributed by atoms with Gasteiger partial charge in [-0.05, 0) is 31.2 Å². The van der Waals surface area contributed by atoms with E-state index in [4.69, 9.17) is 9.47 Å². The fraction of sp³-hybridized carbons (Fsp3) is 0.200. The topological polar surface area (TPSA) is 81.6 Å². The van der Waals surface area contributed by atoms with Crippen LogP contribution in [-0.4, -0.2) is 41.6 Å². The van der Waals surface area contributed by atoms with Crippen LogP contribution in [0.1, 0.15) is 15.4 Å². The molecule has 0 saturated heterocycles. The first-order chi connectivity index (χ1) is 13.6. The number of hydrogen-bond acceptors (Lipinski definition) is 7. The van der Waals surface area contributed by atoms with Crippen molar-refractivity contribution in [3.05, 3.63) is 59.4 Å². The molecule has 1 aliphatic heterocycles. The predicted molar refractivity (Wildman–Crippen MR) is 105 cm³/mol. The highest BCUT2D eigenvalue weighted by Gasteiger charge is 2.36. The number of esters is 1. The van der Waals surface area contributed by atoms with Gasteiger partial charge in [0.15, 0.2) is 0 Å². The third kappa shape index (κ3) is 3.22. The van der Waals surface area contributed by atoms with Crippen LogP contribution in [0.3, 0.4) is 0 Å². The molecule has 0 bridgehead atoms. The van der Waals surface area contributed by atoms with Gasteiger partial charge in [-0.2, -0.15) is 0 Å². The van der Waals surface area contributed by atoms with Crippen LogP contribution in [0.4, 0.5) is 5.69 Å². The first-order valence-corrected chi connectivity index (χ1v) is 9.43. The molecular formula is C20H17N3O4S. The lowest BCUT2D eigenvalue weighted by molar-refractivity contribution is -0.148. The Kier molecular flexibility index (Phi) is 4.79. The molecule has 28 heavy (non-hydrogen) atoms. The highest BCUT2D eigenvalue weighted by atomic mass is 32.1. The largest absolute Gasteiger partial charge is 0.475 e. The number of hydrogen-bond donors (Lipinski definition) is 0. The normalized spacial score (nSPS) is 15.5. The molecule has 0 fully saturated rings. The summed E-state index contributed by atoms with van der Waals surface area (Å²) in [6.45, 7) is 1.87. The minimum absolute atomic E-state index is 0.0715. The average molecular weight is 395 g/mol. The number of nitrogens with zero attached hydrogens (tertiary/aromatic N) is 3. The summed E-state index contributed by atoms with van der Waals surface area (Å²) >= 11 is 1.31. The van der Waals surface area contributed by atoms with Crippen LogP contribution in [0.5, 0.6) is 5.75 Å². The van der Waals surface area contributed by atoms with E-state index in [1.165, 1.54) is 18.4 Å². The van der Waals surface area contributed by atoms with Crippen LogP contribution in [0.25, 0.3) is 10.6 Å². The van der Waals surface area contributed by atoms with Crippen LogP contribution in [0.15, 0.2) is 48.8 Å². The van der Waals surface area contributed by atoms with Crippen molar-refractivity contribution in [3.8, 4) is 16.3 Å². The molecule has 3 heterocycles. The highest BCUT2D eigenvalue weighted by molar-refractivity contribution is 7.17. The Bertz CT molecular complexity index is 1030. The van der Waals surface area contributed by atoms with E-state index in [2.05, 4.69) is 9.97 Å². The summed E-state index contributed by atoms with van der Waals surface area (Å²) in [6.07, 6.45) is 2.52. The summed E-state index contributed by atoms with van der Waals surface area (Å²) in [5, 5.41) is 0.722. The molecule has 0 spiro atoms. The summed E-state index contributed by atoms with van der Waals surface area (Å²) in [6, 6.07) is 10.9. The molecule has 0 aliphatic carbocycles. The number of para-hydroxylation sites is 2. The van der Waals surface area contributed by atoms with Gasteiger partial charge in [0, 0.05) is 18.0 Å². The summed E-state index contributed by atoms with van der Waals surface area (Å²) in [5.41, 5.74) is 2.10. The van der Waals surface area contributed by atoms with E-state index in [1.54, 1.807) is 42.4 Å². The number of benzene rings is 1. The zero-order chi connectivity index (χ0) is 19.7. The van der Waals surface area contributed by atoms with Crippen molar-refractivity contribution in [1.29, 1.82) is 0 Å². The standard InChI is InChI=1S/C20H17N3O4S/c1-12-17(28-18(22-12)13-6-5-9-21-10-13)19(24)23-11-16(20(25)26-2)27-15-8-4-3-7-14(15)23/h3-10,16H,11H2,1-2H3. The number of fused-ring (bicyclic) bond motifs is 1. The Morgan fingerprint density at radius 1 is 1.25 bits per heavy atom. The average Bonchev–Trinajstić information content (AvgIpc) is 3.14. The number of pyridine rings is 1. The molecule has 4 rings (SSSR count). The summed E-state index contributed by atoms with van der Waals surface area (Å²) in [4.78, 5) is 36.1. The van der Waals surface area contributed by atoms with E-state index in [9.17, 15) is 9.59 Å². The number of aromatic nitrogens is 2. The van der Waals surface area contributed by atoms with Crippen molar-refractivity contribution < 1.29 is 19.1 Å². The second-order valence-corrected chi connectivity index (χ2v) is 7.19. The number of amides is 1. The molecule has 1 amide bonds. The zero-order valence-electron chi connectivity index (χ0n) is 15.3. The lowest BCUT2D eigenvalue weighted by Crippen LogP contribution is -2.47. The van der Waals surface area contributed by atoms with Crippen molar-refractivity contribution in [2.24, 2.45) is 0 Å². The van der Waals surface area contributed by atoms with E-state index in [0.717, 1.165) is 10.6 Å². The lowest BCUT2D eigenvalue weighted by Gasteiger charge is -2.33. The first-order valence-electron chi connectivity index (χ1n) is 8.61. The second-order valence-electron chi connectivity index (χ2n) is 6.19. The Morgan fingerprint density at radius 2 is 2.07 bits per heavy atom. The Hall–Kier alpha value is -3.26. The first kappa shape index (κ1) is 18.1. The van der Waals surface area contributed by atoms with Crippen molar-refractivity contribution >= 4 is 28.9 Å². The van der Waals surface area contributed by atoms with Gasteiger partial charge in [0.05, 0.1) is 25.0 Å². The smallest absolute Gasteiger partial charge is 0.348 e. The van der Waals surface area contributed by atoms with Crippen molar-refractivity contribution in [2.45, 2.75) is 13.0 Å². The molecule has 3 aromatic rings. The number of ether oxygens (including phenoxy) is 2. The molecule has 0 N–H and O–H groups in total. The number of methoxy groups -OCH3 is 1. The van der Waals surface area contributed by atoms with E-state index in [1.807, 2.05) is 18.2 Å². The summed E-state index contributed by atoms with van der Waals surface area (Å²) in [7, 11) is 1.30. The van der Waals surface area contributed by atoms with E-state index in [-0.39, 0.29) is 12.5 Å². The van der Waals surface area contributed by atoms with Gasteiger partial charge >= 0.3 is 5.97 Å². The maximum Gasteiger partial charge on any atom is 0.348 e. The van der Waals surface area contributed by atoms with Gasteiger partial charge in [0.25, 0.3) is 5.91 Å². The molecule has 1 aliphatic rings. The summed E-state index contributed by atoms with van der Waals surface area (Å²) < 4.78 is 10.5. The van der Waals surface area contributed by atoms with Crippen molar-refractivity contribution in [1.82, 2.24) is 9.97 Å². The molecular weight excluding hydrogens is 378 g/mol.